The van der Waals surface area contributed by atoms with Crippen LogP contribution in [0.3, 0.4) is 0 Å². The van der Waals surface area contributed by atoms with Crippen molar-refractivity contribution in [3.63, 3.8) is 0 Å². The Kier molecular flexibility index (Phi) is 17.1. The van der Waals surface area contributed by atoms with Crippen molar-refractivity contribution in [2.24, 2.45) is 47.3 Å². The van der Waals surface area contributed by atoms with Crippen LogP contribution in [0, 0.1) is 47.3 Å². The van der Waals surface area contributed by atoms with E-state index in [2.05, 4.69) is 5.32 Å². The maximum atomic E-state index is 12.3. The highest BCUT2D eigenvalue weighted by atomic mass is 16.6. The van der Waals surface area contributed by atoms with E-state index in [1.54, 1.807) is 0 Å². The molecule has 0 aromatic heterocycles. The molecule has 58 heavy (non-hydrogen) atoms. The lowest BCUT2D eigenvalue weighted by molar-refractivity contribution is 0.0747. The zero-order valence-corrected chi connectivity index (χ0v) is 35.3. The van der Waals surface area contributed by atoms with Crippen LogP contribution in [0.4, 0.5) is 9.59 Å². The molecule has 0 unspecified atom stereocenters. The number of hydrogen-bond donors (Lipinski definition) is 1. The van der Waals surface area contributed by atoms with E-state index < -0.39 is 0 Å². The highest BCUT2D eigenvalue weighted by Gasteiger charge is 2.44. The van der Waals surface area contributed by atoms with Crippen molar-refractivity contribution in [3.05, 3.63) is 71.8 Å². The van der Waals surface area contributed by atoms with Gasteiger partial charge in [-0.2, -0.15) is 0 Å². The number of amides is 2. The predicted octanol–water partition coefficient (Wildman–Crippen LogP) is 9.74. The molecule has 3 aliphatic carbocycles. The first kappa shape index (κ1) is 43.0. The third kappa shape index (κ3) is 14.0. The molecule has 9 heteroatoms. The van der Waals surface area contributed by atoms with Crippen LogP contribution in [0.25, 0.3) is 0 Å². The maximum absolute atomic E-state index is 12.3. The van der Waals surface area contributed by atoms with E-state index in [9.17, 15) is 9.59 Å². The molecule has 0 bridgehead atoms. The molecule has 2 aromatic carbocycles. The first-order valence-electron chi connectivity index (χ1n) is 23.4. The summed E-state index contributed by atoms with van der Waals surface area (Å²) in [6, 6.07) is 19.8. The van der Waals surface area contributed by atoms with Crippen LogP contribution < -0.4 is 5.32 Å². The summed E-state index contributed by atoms with van der Waals surface area (Å²) in [5, 5.41) is 3.41. The summed E-state index contributed by atoms with van der Waals surface area (Å²) in [4.78, 5) is 28.4. The molecule has 1 N–H and O–H groups in total. The molecule has 0 spiro atoms. The summed E-state index contributed by atoms with van der Waals surface area (Å²) in [5.74, 6) is 6.60. The van der Waals surface area contributed by atoms with Crippen molar-refractivity contribution in [2.45, 2.75) is 110 Å². The number of nitrogens with one attached hydrogen (secondary N) is 1. The van der Waals surface area contributed by atoms with Gasteiger partial charge < -0.3 is 34.1 Å². The second-order valence-corrected chi connectivity index (χ2v) is 18.5. The van der Waals surface area contributed by atoms with Gasteiger partial charge in [0.2, 0.25) is 0 Å². The molecule has 2 aromatic rings. The van der Waals surface area contributed by atoms with Crippen molar-refractivity contribution in [1.29, 1.82) is 0 Å². The Hall–Kier alpha value is -3.14. The summed E-state index contributed by atoms with van der Waals surface area (Å²) in [6.07, 6.45) is 18.9. The van der Waals surface area contributed by atoms with Crippen LogP contribution >= 0.6 is 0 Å². The SMILES string of the molecule is O=C(OCc1ccccc1)N1CCC([C@H]2C[C@H]2CCOCC2CCCCC2)CC1.O=C(OCc1ccccc1)N1CCC([C@H]2C[C@H]2CCOCC2CCNCC2)CC1. The lowest BCUT2D eigenvalue weighted by Crippen LogP contribution is -2.39. The minimum Gasteiger partial charge on any atom is -0.445 e. The van der Waals surface area contributed by atoms with Crippen LogP contribution in [0.5, 0.6) is 0 Å². The minimum absolute atomic E-state index is 0.157. The van der Waals surface area contributed by atoms with Gasteiger partial charge in [-0.15, -0.1) is 0 Å². The Balaban J connectivity index is 0.000000177. The van der Waals surface area contributed by atoms with Crippen molar-refractivity contribution < 1.29 is 28.5 Å². The van der Waals surface area contributed by atoms with Gasteiger partial charge in [0.1, 0.15) is 13.2 Å². The molecule has 3 saturated heterocycles. The highest BCUT2D eigenvalue weighted by Crippen LogP contribution is 2.50. The number of carbonyl (C=O) groups excluding carboxylic acids is 2. The second-order valence-electron chi connectivity index (χ2n) is 18.5. The maximum Gasteiger partial charge on any atom is 0.410 e. The van der Waals surface area contributed by atoms with Crippen molar-refractivity contribution in [3.8, 4) is 0 Å². The van der Waals surface area contributed by atoms with E-state index in [0.29, 0.717) is 13.2 Å². The van der Waals surface area contributed by atoms with E-state index in [0.717, 1.165) is 150 Å². The van der Waals surface area contributed by atoms with Crippen molar-refractivity contribution in [1.82, 2.24) is 15.1 Å². The molecular formula is C49H73N3O6. The lowest BCUT2D eigenvalue weighted by Gasteiger charge is -2.31. The Labute approximate surface area is 349 Å². The smallest absolute Gasteiger partial charge is 0.410 e. The number of carbonyl (C=O) groups is 2. The fraction of sp³-hybridized carbons (Fsp3) is 0.714. The molecule has 0 radical (unpaired) electrons. The largest absolute Gasteiger partial charge is 0.445 e. The Morgan fingerprint density at radius 1 is 0.552 bits per heavy atom. The summed E-state index contributed by atoms with van der Waals surface area (Å²) >= 11 is 0. The first-order chi connectivity index (χ1) is 28.6. The summed E-state index contributed by atoms with van der Waals surface area (Å²) in [6.45, 7) is 10.2. The van der Waals surface area contributed by atoms with Gasteiger partial charge in [0, 0.05) is 52.6 Å². The van der Waals surface area contributed by atoms with Crippen LogP contribution in [-0.2, 0) is 32.2 Å². The van der Waals surface area contributed by atoms with Gasteiger partial charge in [0.15, 0.2) is 0 Å². The van der Waals surface area contributed by atoms with E-state index in [1.807, 2.05) is 70.5 Å². The minimum atomic E-state index is -0.161. The second kappa shape index (κ2) is 23.0. The molecule has 4 atom stereocenters. The first-order valence-corrected chi connectivity index (χ1v) is 23.4. The van der Waals surface area contributed by atoms with Crippen molar-refractivity contribution >= 4 is 12.2 Å². The van der Waals surface area contributed by atoms with Crippen LogP contribution in [-0.4, -0.2) is 87.7 Å². The van der Waals surface area contributed by atoms with E-state index in [-0.39, 0.29) is 12.2 Å². The molecule has 320 valence electrons. The molecule has 3 saturated carbocycles. The van der Waals surface area contributed by atoms with Gasteiger partial charge in [0.05, 0.1) is 0 Å². The van der Waals surface area contributed by atoms with Gasteiger partial charge in [-0.25, -0.2) is 9.59 Å². The summed E-state index contributed by atoms with van der Waals surface area (Å²) in [7, 11) is 0. The van der Waals surface area contributed by atoms with E-state index in [4.69, 9.17) is 18.9 Å². The number of likely N-dealkylation sites (tertiary alicyclic amines) is 2. The standard InChI is InChI=1S/C25H37NO3.C24H36N2O3/c27-25(29-19-21-9-5-2-6-10-21)26-14-11-22(12-15-26)24-17-23(24)13-16-28-18-20-7-3-1-4-8-20;27-24(29-18-19-4-2-1-3-5-19)26-13-8-21(9-14-26)23-16-22(23)10-15-28-17-20-6-11-25-12-7-20/h2,5-6,9-10,20,22-24H,1,3-4,7-8,11-19H2;1-5,20-23,25H,6-18H2/t23-,24-;22-,23-/m11/s1. The highest BCUT2D eigenvalue weighted by molar-refractivity contribution is 5.68. The van der Waals surface area contributed by atoms with Gasteiger partial charge in [-0.1, -0.05) is 79.9 Å². The van der Waals surface area contributed by atoms with Crippen LogP contribution in [0.2, 0.25) is 0 Å². The number of benzene rings is 2. The molecule has 6 fully saturated rings. The molecule has 9 nitrogen and oxygen atoms in total. The third-order valence-electron chi connectivity index (χ3n) is 14.3. The molecule has 2 amide bonds. The molecule has 3 heterocycles. The zero-order chi connectivity index (χ0) is 39.8. The average molecular weight is 800 g/mol. The number of ether oxygens (including phenoxy) is 4. The number of piperidine rings is 3. The average Bonchev–Trinajstić information content (AvgIpc) is 4.23. The summed E-state index contributed by atoms with van der Waals surface area (Å²) in [5.41, 5.74) is 2.08. The predicted molar refractivity (Wildman–Crippen MR) is 228 cm³/mol. The van der Waals surface area contributed by atoms with Crippen LogP contribution in [0.15, 0.2) is 60.7 Å². The third-order valence-corrected chi connectivity index (χ3v) is 14.3. The quantitative estimate of drug-likeness (QED) is 0.169. The molecule has 6 aliphatic rings. The van der Waals surface area contributed by atoms with Crippen LogP contribution in [0.1, 0.15) is 107 Å². The fourth-order valence-electron chi connectivity index (χ4n) is 10.4. The number of rotatable bonds is 16. The van der Waals surface area contributed by atoms with Gasteiger partial charge in [0.25, 0.3) is 0 Å². The summed E-state index contributed by atoms with van der Waals surface area (Å²) < 4.78 is 22.9. The molecular weight excluding hydrogens is 727 g/mol. The Bertz CT molecular complexity index is 1360. The van der Waals surface area contributed by atoms with E-state index >= 15 is 0 Å². The Morgan fingerprint density at radius 2 is 0.983 bits per heavy atom. The van der Waals surface area contributed by atoms with E-state index in [1.165, 1.54) is 70.6 Å². The van der Waals surface area contributed by atoms with Gasteiger partial charge in [-0.3, -0.25) is 0 Å². The molecule has 8 rings (SSSR count). The number of nitrogens with zero attached hydrogens (tertiary/aromatic N) is 2. The van der Waals surface area contributed by atoms with Gasteiger partial charge in [-0.05, 0) is 149 Å². The van der Waals surface area contributed by atoms with Crippen molar-refractivity contribution in [2.75, 3.05) is 65.7 Å². The normalized spacial score (nSPS) is 25.7. The zero-order valence-electron chi connectivity index (χ0n) is 35.3. The number of hydrogen-bond acceptors (Lipinski definition) is 7. The lowest BCUT2D eigenvalue weighted by atomic mass is 9.90. The molecule has 3 aliphatic heterocycles. The topological polar surface area (TPSA) is 89.6 Å². The Morgan fingerprint density at radius 3 is 1.43 bits per heavy atom. The van der Waals surface area contributed by atoms with Gasteiger partial charge >= 0.3 is 12.2 Å². The fourth-order valence-corrected chi connectivity index (χ4v) is 10.4. The monoisotopic (exact) mass is 800 g/mol.